The quantitative estimate of drug-likeness (QED) is 0.701. The van der Waals surface area contributed by atoms with Crippen LogP contribution in [0.1, 0.15) is 44.2 Å². The van der Waals surface area contributed by atoms with Crippen LogP contribution in [-0.2, 0) is 19.6 Å². The fourth-order valence-corrected chi connectivity index (χ4v) is 5.10. The Hall–Kier alpha value is -1.93. The summed E-state index contributed by atoms with van der Waals surface area (Å²) in [5.74, 6) is -0.410. The van der Waals surface area contributed by atoms with Gasteiger partial charge in [0.1, 0.15) is 6.04 Å². The van der Waals surface area contributed by atoms with Gasteiger partial charge in [0, 0.05) is 26.1 Å². The van der Waals surface area contributed by atoms with Crippen molar-refractivity contribution in [3.8, 4) is 0 Å². The van der Waals surface area contributed by atoms with Crippen LogP contribution in [0.2, 0.25) is 0 Å². The number of nitrogens with one attached hydrogen (secondary N) is 2. The third kappa shape index (κ3) is 5.79. The van der Waals surface area contributed by atoms with Crippen LogP contribution in [0.15, 0.2) is 23.1 Å². The highest BCUT2D eigenvalue weighted by Crippen LogP contribution is 2.25. The summed E-state index contributed by atoms with van der Waals surface area (Å²) in [6, 6.07) is 4.58. The first-order chi connectivity index (χ1) is 13.6. The number of benzene rings is 1. The summed E-state index contributed by atoms with van der Waals surface area (Å²) in [6.07, 6.45) is 1.45. The van der Waals surface area contributed by atoms with Gasteiger partial charge in [-0.05, 0) is 62.3 Å². The van der Waals surface area contributed by atoms with Crippen LogP contribution in [0.3, 0.4) is 0 Å². The van der Waals surface area contributed by atoms with Gasteiger partial charge in [-0.2, -0.15) is 4.31 Å². The fourth-order valence-electron chi connectivity index (χ4n) is 3.55. The van der Waals surface area contributed by atoms with Gasteiger partial charge < -0.3 is 10.6 Å². The molecule has 0 bridgehead atoms. The number of hydrogen-bond acceptors (Lipinski definition) is 4. The van der Waals surface area contributed by atoms with Gasteiger partial charge in [-0.25, -0.2) is 8.42 Å². The van der Waals surface area contributed by atoms with Crippen molar-refractivity contribution in [2.75, 3.05) is 20.1 Å². The predicted octanol–water partition coefficient (Wildman–Crippen LogP) is 1.98. The molecule has 29 heavy (non-hydrogen) atoms. The summed E-state index contributed by atoms with van der Waals surface area (Å²) in [7, 11) is -2.02. The minimum atomic E-state index is -3.57. The lowest BCUT2D eigenvalue weighted by Crippen LogP contribution is -2.50. The molecule has 2 amide bonds. The molecule has 162 valence electrons. The maximum absolute atomic E-state index is 12.9. The normalized spacial score (nSPS) is 17.2. The maximum atomic E-state index is 12.9. The van der Waals surface area contributed by atoms with Crippen LogP contribution in [0.25, 0.3) is 0 Å². The van der Waals surface area contributed by atoms with E-state index >= 15 is 0 Å². The van der Waals surface area contributed by atoms with Gasteiger partial charge in [-0.15, -0.1) is 0 Å². The van der Waals surface area contributed by atoms with Gasteiger partial charge in [0.25, 0.3) is 0 Å². The molecule has 1 aliphatic rings. The largest absolute Gasteiger partial charge is 0.357 e. The van der Waals surface area contributed by atoms with Crippen LogP contribution < -0.4 is 10.6 Å². The van der Waals surface area contributed by atoms with E-state index in [2.05, 4.69) is 10.6 Å². The molecule has 0 saturated carbocycles. The molecule has 2 N–H and O–H groups in total. The topological polar surface area (TPSA) is 95.6 Å². The number of hydrogen-bond donors (Lipinski definition) is 2. The van der Waals surface area contributed by atoms with Crippen molar-refractivity contribution in [3.63, 3.8) is 0 Å². The molecule has 0 radical (unpaired) electrons. The number of nitrogens with zero attached hydrogens (tertiary/aromatic N) is 1. The summed E-state index contributed by atoms with van der Waals surface area (Å²) < 4.78 is 27.3. The summed E-state index contributed by atoms with van der Waals surface area (Å²) in [5, 5.41) is 5.44. The molecule has 1 fully saturated rings. The van der Waals surface area contributed by atoms with Gasteiger partial charge in [-0.1, -0.05) is 19.9 Å². The van der Waals surface area contributed by atoms with Crippen molar-refractivity contribution in [1.82, 2.24) is 14.9 Å². The van der Waals surface area contributed by atoms with E-state index in [-0.39, 0.29) is 23.7 Å². The van der Waals surface area contributed by atoms with Crippen LogP contribution in [-0.4, -0.2) is 50.7 Å². The van der Waals surface area contributed by atoms with Gasteiger partial charge >= 0.3 is 0 Å². The second-order valence-corrected chi connectivity index (χ2v) is 10.2. The summed E-state index contributed by atoms with van der Waals surface area (Å²) >= 11 is 0. The van der Waals surface area contributed by atoms with E-state index < -0.39 is 16.1 Å². The highest BCUT2D eigenvalue weighted by atomic mass is 32.2. The Morgan fingerprint density at radius 1 is 1.14 bits per heavy atom. The van der Waals surface area contributed by atoms with E-state index in [1.54, 1.807) is 19.2 Å². The third-order valence-electron chi connectivity index (χ3n) is 5.53. The second kappa shape index (κ2) is 9.71. The zero-order valence-corrected chi connectivity index (χ0v) is 18.8. The van der Waals surface area contributed by atoms with Crippen molar-refractivity contribution in [3.05, 3.63) is 29.3 Å². The molecule has 0 aliphatic carbocycles. The van der Waals surface area contributed by atoms with Gasteiger partial charge in [-0.3, -0.25) is 9.59 Å². The highest BCUT2D eigenvalue weighted by Gasteiger charge is 2.33. The predicted molar refractivity (Wildman–Crippen MR) is 113 cm³/mol. The Balaban J connectivity index is 2.01. The maximum Gasteiger partial charge on any atom is 0.243 e. The SMILES string of the molecule is CNC(=O)C(CC(C)C)NC(=O)C1CCN(S(=O)(=O)c2ccc(C)c(C)c2)CC1. The standard InChI is InChI=1S/C21H33N3O4S/c1-14(2)12-19(21(26)22-5)23-20(25)17-8-10-24(11-9-17)29(27,28)18-7-6-15(3)16(4)13-18/h6-7,13-14,17,19H,8-12H2,1-5H3,(H,22,26)(H,23,25). The van der Waals surface area contributed by atoms with Crippen molar-refractivity contribution >= 4 is 21.8 Å². The Morgan fingerprint density at radius 3 is 2.28 bits per heavy atom. The molecule has 1 aliphatic heterocycles. The molecule has 1 saturated heterocycles. The van der Waals surface area contributed by atoms with E-state index in [9.17, 15) is 18.0 Å². The molecule has 1 aromatic carbocycles. The first kappa shape index (κ1) is 23.3. The molecule has 0 aromatic heterocycles. The molecule has 8 heteroatoms. The number of aryl methyl sites for hydroxylation is 2. The smallest absolute Gasteiger partial charge is 0.243 e. The summed E-state index contributed by atoms with van der Waals surface area (Å²) in [4.78, 5) is 25.0. The molecule has 1 atom stereocenters. The minimum Gasteiger partial charge on any atom is -0.357 e. The van der Waals surface area contributed by atoms with Gasteiger partial charge in [0.2, 0.25) is 21.8 Å². The zero-order valence-electron chi connectivity index (χ0n) is 18.0. The van der Waals surface area contributed by atoms with Crippen LogP contribution in [0, 0.1) is 25.7 Å². The van der Waals surface area contributed by atoms with E-state index in [1.807, 2.05) is 33.8 Å². The van der Waals surface area contributed by atoms with Gasteiger partial charge in [0.15, 0.2) is 0 Å². The first-order valence-electron chi connectivity index (χ1n) is 10.2. The Kier molecular flexibility index (Phi) is 7.82. The number of amides is 2. The molecular weight excluding hydrogens is 390 g/mol. The molecule has 2 rings (SSSR count). The van der Waals surface area contributed by atoms with Crippen molar-refractivity contribution in [1.29, 1.82) is 0 Å². The zero-order chi connectivity index (χ0) is 21.8. The highest BCUT2D eigenvalue weighted by molar-refractivity contribution is 7.89. The van der Waals surface area contributed by atoms with E-state index in [0.717, 1.165) is 11.1 Å². The first-order valence-corrected chi connectivity index (χ1v) is 11.6. The molecular formula is C21H33N3O4S. The van der Waals surface area contributed by atoms with Crippen LogP contribution in [0.4, 0.5) is 0 Å². The number of piperidine rings is 1. The van der Waals surface area contributed by atoms with Crippen molar-refractivity contribution in [2.45, 2.75) is 57.9 Å². The number of carbonyl (C=O) groups excluding carboxylic acids is 2. The van der Waals surface area contributed by atoms with Crippen LogP contribution in [0.5, 0.6) is 0 Å². The fraction of sp³-hybridized carbons (Fsp3) is 0.619. The Morgan fingerprint density at radius 2 is 1.76 bits per heavy atom. The lowest BCUT2D eigenvalue weighted by atomic mass is 9.95. The molecule has 1 unspecified atom stereocenters. The Bertz CT molecular complexity index is 843. The van der Waals surface area contributed by atoms with Gasteiger partial charge in [0.05, 0.1) is 4.90 Å². The molecule has 0 spiro atoms. The number of likely N-dealkylation sites (N-methyl/N-ethyl adjacent to an activating group) is 1. The lowest BCUT2D eigenvalue weighted by Gasteiger charge is -2.31. The lowest BCUT2D eigenvalue weighted by molar-refractivity contribution is -0.132. The van der Waals surface area contributed by atoms with Crippen molar-refractivity contribution in [2.24, 2.45) is 11.8 Å². The monoisotopic (exact) mass is 423 g/mol. The van der Waals surface area contributed by atoms with E-state index in [1.165, 1.54) is 4.31 Å². The van der Waals surface area contributed by atoms with E-state index in [4.69, 9.17) is 0 Å². The van der Waals surface area contributed by atoms with Crippen molar-refractivity contribution < 1.29 is 18.0 Å². The van der Waals surface area contributed by atoms with Crippen LogP contribution >= 0.6 is 0 Å². The summed E-state index contributed by atoms with van der Waals surface area (Å²) in [6.45, 7) is 8.42. The summed E-state index contributed by atoms with van der Waals surface area (Å²) in [5.41, 5.74) is 1.98. The molecule has 1 heterocycles. The average molecular weight is 424 g/mol. The Labute approximate surface area is 174 Å². The molecule has 1 aromatic rings. The number of rotatable bonds is 7. The number of sulfonamides is 1. The minimum absolute atomic E-state index is 0.178. The molecule has 7 nitrogen and oxygen atoms in total. The average Bonchev–Trinajstić information content (AvgIpc) is 2.68. The van der Waals surface area contributed by atoms with E-state index in [0.29, 0.717) is 37.2 Å². The third-order valence-corrected chi connectivity index (χ3v) is 7.42. The number of carbonyl (C=O) groups is 2. The second-order valence-electron chi connectivity index (χ2n) is 8.23.